The van der Waals surface area contributed by atoms with Crippen LogP contribution < -0.4 is 10.6 Å². The van der Waals surface area contributed by atoms with E-state index in [2.05, 4.69) is 10.6 Å². The predicted molar refractivity (Wildman–Crippen MR) is 195 cm³/mol. The number of hydrogen-bond donors (Lipinski definition) is 4. The standard InChI is InChI=1S/C31H54N4O12P2S2/c1-22(2)48(42,43)46-16-9-5-6-12-32-26(36)10-18-50-24-20-28(38)34(30(24)40)14-7-8-15-35-29(39)21-25(31(35)41)51-19-11-27(37)33-13-17-47-49(44,45)23(3)4/h22-25H,5-21H2,1-4H3,(H,32,36)(H,33,37)(H,42,43)(H,44,45). The Hall–Kier alpha value is -1.78. The number of thioether (sulfide) groups is 2. The molecule has 0 bridgehead atoms. The molecule has 0 radical (unpaired) electrons. The van der Waals surface area contributed by atoms with Gasteiger partial charge in [0.15, 0.2) is 0 Å². The van der Waals surface area contributed by atoms with Crippen LogP contribution in [0.15, 0.2) is 0 Å². The molecule has 2 heterocycles. The lowest BCUT2D eigenvalue weighted by Gasteiger charge is -2.17. The summed E-state index contributed by atoms with van der Waals surface area (Å²) in [4.78, 5) is 96.5. The number of carbonyl (C=O) groups is 6. The summed E-state index contributed by atoms with van der Waals surface area (Å²) in [5.74, 6) is -1.00. The molecule has 292 valence electrons. The van der Waals surface area contributed by atoms with Gasteiger partial charge in [0, 0.05) is 63.4 Å². The third-order valence-electron chi connectivity index (χ3n) is 8.14. The van der Waals surface area contributed by atoms with E-state index in [-0.39, 0.29) is 94.0 Å². The minimum atomic E-state index is -3.70. The molecule has 0 aromatic carbocycles. The van der Waals surface area contributed by atoms with Crippen LogP contribution in [0, 0.1) is 0 Å². The van der Waals surface area contributed by atoms with Crippen molar-refractivity contribution in [3.8, 4) is 0 Å². The lowest BCUT2D eigenvalue weighted by Crippen LogP contribution is -2.34. The van der Waals surface area contributed by atoms with Gasteiger partial charge in [0.25, 0.3) is 0 Å². The fraction of sp³-hybridized carbons (Fsp3) is 0.806. The molecule has 4 N–H and O–H groups in total. The second kappa shape index (κ2) is 22.4. The second-order valence-electron chi connectivity index (χ2n) is 12.8. The maximum Gasteiger partial charge on any atom is 0.330 e. The number of likely N-dealkylation sites (tertiary alicyclic amines) is 2. The average Bonchev–Trinajstić information content (AvgIpc) is 3.48. The minimum absolute atomic E-state index is 0.0321. The Kier molecular flexibility index (Phi) is 20.0. The van der Waals surface area contributed by atoms with Crippen LogP contribution in [0.1, 0.15) is 85.5 Å². The Balaban J connectivity index is 1.57. The Morgan fingerprint density at radius 1 is 0.706 bits per heavy atom. The summed E-state index contributed by atoms with van der Waals surface area (Å²) in [7, 11) is -7.27. The first-order valence-corrected chi connectivity index (χ1v) is 22.7. The predicted octanol–water partition coefficient (Wildman–Crippen LogP) is 2.89. The quantitative estimate of drug-likeness (QED) is 0.0561. The molecule has 2 rings (SSSR count). The van der Waals surface area contributed by atoms with Crippen LogP contribution in [0.5, 0.6) is 0 Å². The van der Waals surface area contributed by atoms with Crippen LogP contribution in [-0.4, -0.2) is 128 Å². The van der Waals surface area contributed by atoms with Gasteiger partial charge in [0.2, 0.25) is 35.4 Å². The van der Waals surface area contributed by atoms with Crippen LogP contribution >= 0.6 is 38.7 Å². The fourth-order valence-electron chi connectivity index (χ4n) is 4.83. The molecule has 2 fully saturated rings. The number of rotatable bonds is 26. The monoisotopic (exact) mass is 800 g/mol. The van der Waals surface area contributed by atoms with E-state index in [1.165, 1.54) is 33.3 Å². The van der Waals surface area contributed by atoms with Crippen molar-refractivity contribution in [2.45, 2.75) is 107 Å². The van der Waals surface area contributed by atoms with Crippen molar-refractivity contribution in [2.24, 2.45) is 0 Å². The van der Waals surface area contributed by atoms with Crippen LogP contribution in [-0.2, 0) is 46.9 Å². The first-order valence-electron chi connectivity index (χ1n) is 17.3. The number of nitrogens with one attached hydrogen (secondary N) is 2. The first-order chi connectivity index (χ1) is 24.0. The fourth-order valence-corrected chi connectivity index (χ4v) is 8.41. The third kappa shape index (κ3) is 16.0. The Morgan fingerprint density at radius 3 is 1.59 bits per heavy atom. The summed E-state index contributed by atoms with van der Waals surface area (Å²) in [6.07, 6.45) is 3.25. The van der Waals surface area contributed by atoms with Gasteiger partial charge in [-0.1, -0.05) is 27.7 Å². The molecule has 2 aliphatic heterocycles. The maximum absolute atomic E-state index is 12.8. The molecule has 0 spiro atoms. The molecule has 4 atom stereocenters. The molecule has 16 nitrogen and oxygen atoms in total. The van der Waals surface area contributed by atoms with Gasteiger partial charge in [-0.3, -0.25) is 47.7 Å². The van der Waals surface area contributed by atoms with E-state index in [0.29, 0.717) is 43.7 Å². The summed E-state index contributed by atoms with van der Waals surface area (Å²) in [6, 6.07) is 0. The van der Waals surface area contributed by atoms with Gasteiger partial charge >= 0.3 is 15.2 Å². The average molecular weight is 801 g/mol. The molecular weight excluding hydrogens is 746 g/mol. The molecule has 2 aliphatic rings. The van der Waals surface area contributed by atoms with Crippen molar-refractivity contribution in [3.63, 3.8) is 0 Å². The highest BCUT2D eigenvalue weighted by molar-refractivity contribution is 8.00. The van der Waals surface area contributed by atoms with E-state index in [4.69, 9.17) is 9.05 Å². The molecule has 4 unspecified atom stereocenters. The summed E-state index contributed by atoms with van der Waals surface area (Å²) in [5.41, 5.74) is -0.998. The van der Waals surface area contributed by atoms with Crippen molar-refractivity contribution >= 4 is 74.2 Å². The lowest BCUT2D eigenvalue weighted by atomic mass is 10.2. The Labute approximate surface area is 308 Å². The Morgan fingerprint density at radius 2 is 1.14 bits per heavy atom. The minimum Gasteiger partial charge on any atom is -0.356 e. The molecule has 6 amide bonds. The highest BCUT2D eigenvalue weighted by Crippen LogP contribution is 2.47. The molecule has 0 aromatic heterocycles. The largest absolute Gasteiger partial charge is 0.356 e. The van der Waals surface area contributed by atoms with Gasteiger partial charge in [-0.15, -0.1) is 23.5 Å². The number of carbonyl (C=O) groups excluding carboxylic acids is 6. The number of nitrogens with zero attached hydrogens (tertiary/aromatic N) is 2. The zero-order chi connectivity index (χ0) is 38.2. The Bertz CT molecular complexity index is 1320. The molecule has 20 heteroatoms. The summed E-state index contributed by atoms with van der Waals surface area (Å²) in [6.45, 7) is 7.34. The summed E-state index contributed by atoms with van der Waals surface area (Å²) in [5, 5.41) is 4.25. The van der Waals surface area contributed by atoms with E-state index >= 15 is 0 Å². The molecule has 0 aliphatic carbocycles. The highest BCUT2D eigenvalue weighted by Gasteiger charge is 2.40. The van der Waals surface area contributed by atoms with Crippen molar-refractivity contribution in [2.75, 3.05) is 50.9 Å². The van der Waals surface area contributed by atoms with Crippen LogP contribution in [0.25, 0.3) is 0 Å². The smallest absolute Gasteiger partial charge is 0.330 e. The van der Waals surface area contributed by atoms with E-state index in [9.17, 15) is 47.7 Å². The van der Waals surface area contributed by atoms with Crippen molar-refractivity contribution in [1.29, 1.82) is 0 Å². The lowest BCUT2D eigenvalue weighted by molar-refractivity contribution is -0.140. The van der Waals surface area contributed by atoms with E-state index in [0.717, 1.165) is 6.42 Å². The van der Waals surface area contributed by atoms with Crippen LogP contribution in [0.4, 0.5) is 0 Å². The number of hydrogen-bond acceptors (Lipinski definition) is 12. The van der Waals surface area contributed by atoms with Crippen LogP contribution in [0.3, 0.4) is 0 Å². The van der Waals surface area contributed by atoms with E-state index in [1.54, 1.807) is 27.7 Å². The van der Waals surface area contributed by atoms with E-state index < -0.39 is 37.0 Å². The molecule has 2 saturated heterocycles. The highest BCUT2D eigenvalue weighted by atomic mass is 32.2. The summed E-state index contributed by atoms with van der Waals surface area (Å²) < 4.78 is 33.5. The van der Waals surface area contributed by atoms with Gasteiger partial charge in [0.1, 0.15) is 0 Å². The topological polar surface area (TPSA) is 226 Å². The van der Waals surface area contributed by atoms with Crippen molar-refractivity contribution < 1.29 is 56.7 Å². The molecule has 51 heavy (non-hydrogen) atoms. The van der Waals surface area contributed by atoms with Crippen molar-refractivity contribution in [3.05, 3.63) is 0 Å². The maximum atomic E-state index is 12.8. The van der Waals surface area contributed by atoms with Gasteiger partial charge < -0.3 is 29.5 Å². The van der Waals surface area contributed by atoms with Crippen LogP contribution in [0.2, 0.25) is 0 Å². The number of unbranched alkanes of at least 4 members (excludes halogenated alkanes) is 3. The SMILES string of the molecule is CC(C)P(=O)(O)OCCCCCNC(=O)CCSC1CC(=O)N(CCCCN2C(=O)CC(SCCC(=O)NCCOP(=O)(O)C(C)C)C2=O)C1=O. The van der Waals surface area contributed by atoms with Gasteiger partial charge in [-0.25, -0.2) is 0 Å². The molecular formula is C31H54N4O12P2S2. The number of imide groups is 2. The van der Waals surface area contributed by atoms with Gasteiger partial charge in [-0.2, -0.15) is 0 Å². The van der Waals surface area contributed by atoms with Crippen molar-refractivity contribution in [1.82, 2.24) is 20.4 Å². The van der Waals surface area contributed by atoms with E-state index in [1.807, 2.05) is 0 Å². The zero-order valence-corrected chi connectivity index (χ0v) is 33.3. The second-order valence-corrected chi connectivity index (χ2v) is 20.3. The summed E-state index contributed by atoms with van der Waals surface area (Å²) >= 11 is 2.49. The van der Waals surface area contributed by atoms with Gasteiger partial charge in [-0.05, 0) is 32.1 Å². The molecule has 0 saturated carbocycles. The number of amides is 6. The third-order valence-corrected chi connectivity index (χ3v) is 14.3. The van der Waals surface area contributed by atoms with Gasteiger partial charge in [0.05, 0.1) is 35.0 Å². The first kappa shape index (κ1) is 45.4. The molecule has 0 aromatic rings. The normalized spacial score (nSPS) is 20.4. The zero-order valence-electron chi connectivity index (χ0n) is 29.9.